The monoisotopic (exact) mass is 1620 g/mol. The lowest BCUT2D eigenvalue weighted by atomic mass is 9.81. The molecule has 0 unspecified atom stereocenters. The van der Waals surface area contributed by atoms with Gasteiger partial charge in [-0.2, -0.15) is 0 Å². The second-order valence-electron chi connectivity index (χ2n) is 33.2. The first-order chi connectivity index (χ1) is 54.1. The van der Waals surface area contributed by atoms with Gasteiger partial charge < -0.3 is 0 Å². The second kappa shape index (κ2) is 27.3. The van der Waals surface area contributed by atoms with Crippen LogP contribution in [0.2, 0.25) is 30.1 Å². The molecule has 0 radical (unpaired) electrons. The van der Waals surface area contributed by atoms with Gasteiger partial charge in [-0.05, 0) is 157 Å². The van der Waals surface area contributed by atoms with Gasteiger partial charge in [-0.25, -0.2) is 19.6 Å². The van der Waals surface area contributed by atoms with Crippen molar-refractivity contribution in [2.24, 2.45) is 0 Å². The van der Waals surface area contributed by atoms with Crippen LogP contribution in [0.15, 0.2) is 133 Å². The largest absolute Gasteiger partial charge is 0.268 e. The van der Waals surface area contributed by atoms with E-state index in [1.54, 1.807) is 48.5 Å². The van der Waals surface area contributed by atoms with Crippen molar-refractivity contribution in [1.82, 2.24) is 0 Å². The zero-order valence-electron chi connectivity index (χ0n) is 65.6. The molecule has 0 aromatic heterocycles. The van der Waals surface area contributed by atoms with Crippen molar-refractivity contribution >= 4 is 226 Å². The number of hydrogen-bond acceptors (Lipinski definition) is 8. The normalized spacial score (nSPS) is 14.6. The number of nitrogens with zero attached hydrogens (tertiary/aromatic N) is 4. The maximum Gasteiger partial charge on any atom is 0.266 e. The summed E-state index contributed by atoms with van der Waals surface area (Å²) >= 11 is 43.7. The highest BCUT2D eigenvalue weighted by Gasteiger charge is 2.46. The molecule has 0 N–H and O–H groups in total. The summed E-state index contributed by atoms with van der Waals surface area (Å²) < 4.78 is 0. The number of halogens is 6. The van der Waals surface area contributed by atoms with E-state index in [1.807, 2.05) is 140 Å². The Morgan fingerprint density at radius 3 is 0.553 bits per heavy atom. The van der Waals surface area contributed by atoms with E-state index < -0.39 is 47.3 Å². The lowest BCUT2D eigenvalue weighted by molar-refractivity contribution is 0.0877. The molecule has 4 heterocycles. The Labute approximate surface area is 689 Å². The van der Waals surface area contributed by atoms with Gasteiger partial charge in [0, 0.05) is 111 Å². The van der Waals surface area contributed by atoms with E-state index >= 15 is 0 Å². The van der Waals surface area contributed by atoms with Crippen molar-refractivity contribution in [1.29, 1.82) is 0 Å². The summed E-state index contributed by atoms with van der Waals surface area (Å²) in [6.45, 7) is 32.7. The first-order valence-corrected chi connectivity index (χ1v) is 41.0. The van der Waals surface area contributed by atoms with Crippen LogP contribution in [-0.4, -0.2) is 47.3 Å². The highest BCUT2D eigenvalue weighted by Crippen LogP contribution is 2.58. The molecule has 14 aromatic carbocycles. The number of rotatable bonds is 12. The molecule has 0 saturated carbocycles. The van der Waals surface area contributed by atoms with Crippen LogP contribution in [0.5, 0.6) is 0 Å². The van der Waals surface area contributed by atoms with Crippen molar-refractivity contribution in [3.8, 4) is 0 Å². The Morgan fingerprint density at radius 1 is 0.193 bits per heavy atom. The molecule has 572 valence electrons. The van der Waals surface area contributed by atoms with Gasteiger partial charge in [-0.3, -0.25) is 38.4 Å². The number of benzene rings is 14. The van der Waals surface area contributed by atoms with Crippen molar-refractivity contribution in [2.75, 3.05) is 19.6 Å². The Hall–Kier alpha value is -10.0. The summed E-state index contributed by atoms with van der Waals surface area (Å²) in [5, 5.41) is 9.71. The predicted molar refractivity (Wildman–Crippen MR) is 468 cm³/mol. The summed E-state index contributed by atoms with van der Waals surface area (Å²) in [7, 11) is 0. The molecule has 4 aliphatic rings. The fourth-order valence-electron chi connectivity index (χ4n) is 18.7. The van der Waals surface area contributed by atoms with E-state index in [9.17, 15) is 38.4 Å². The third-order valence-corrected chi connectivity index (χ3v) is 25.6. The van der Waals surface area contributed by atoms with Gasteiger partial charge in [0.2, 0.25) is 0 Å². The zero-order valence-corrected chi connectivity index (χ0v) is 70.2. The zero-order chi connectivity index (χ0) is 81.4. The summed E-state index contributed by atoms with van der Waals surface area (Å²) in [6.07, 6.45) is 0. The van der Waals surface area contributed by atoms with Gasteiger partial charge in [-0.1, -0.05) is 265 Å². The topological polar surface area (TPSA) is 150 Å². The van der Waals surface area contributed by atoms with Crippen LogP contribution in [-0.2, 0) is 0 Å². The Kier molecular flexibility index (Phi) is 18.4. The quantitative estimate of drug-likeness (QED) is 0.0667. The molecule has 0 bridgehead atoms. The molecule has 4 aliphatic heterocycles. The molecule has 0 aliphatic carbocycles. The van der Waals surface area contributed by atoms with Gasteiger partial charge in [0.05, 0.1) is 56.1 Å². The number of fused-ring (bicyclic) bond motifs is 4. The lowest BCUT2D eigenvalue weighted by Crippen LogP contribution is -2.42. The van der Waals surface area contributed by atoms with Crippen molar-refractivity contribution in [3.63, 3.8) is 0 Å². The molecule has 0 spiro atoms. The number of para-hydroxylation sites is 4. The average Bonchev–Trinajstić information content (AvgIpc) is 0.677. The van der Waals surface area contributed by atoms with E-state index in [2.05, 4.69) is 55.4 Å². The van der Waals surface area contributed by atoms with Crippen LogP contribution in [0, 0.1) is 0 Å². The minimum Gasteiger partial charge on any atom is -0.268 e. The third-order valence-electron chi connectivity index (χ3n) is 23.9. The van der Waals surface area contributed by atoms with E-state index in [1.165, 1.54) is 19.6 Å². The number of hydrogen-bond donors (Lipinski definition) is 0. The smallest absolute Gasteiger partial charge is 0.266 e. The fourth-order valence-corrected chi connectivity index (χ4v) is 20.5. The van der Waals surface area contributed by atoms with E-state index in [-0.39, 0.29) is 89.7 Å². The first kappa shape index (κ1) is 76.6. The second-order valence-corrected chi connectivity index (χ2v) is 35.6. The fraction of sp³-hybridized carbons (Fsp3) is 0.250. The van der Waals surface area contributed by atoms with Gasteiger partial charge in [0.25, 0.3) is 47.3 Å². The maximum absolute atomic E-state index is 14.9. The highest BCUT2D eigenvalue weighted by atomic mass is 35.5. The van der Waals surface area contributed by atoms with Gasteiger partial charge in [0.15, 0.2) is 0 Å². The standard InChI is InChI=1S/C48H38Cl4N2O4.C48H40Cl2N2O4/c1-19(2)23-11-9-12-24(20(3)4)43(23)53-45(55)27-15-31(49)37-39-33(51)17-29-36-30(48(58)54(47(29)57)44-25(21(5)6)13-10-14-26(44)22(7)8)18-34(52)40(42(36)39)38-32(50)16-28(46(53)56)35(27)41(37)38;1-21(2)25-11-9-12-26(22(3)4)43(25)51-45(53)31-17-15-29-37-30(16-18-32(38(31)37)46(51)54)41-36(50)20-34-39-33(19-35(49)40(29)42(39)41)47(55)52(48(34)56)44-27(23(5)6)13-10-14-28(44)24(7)8/h9-22H,1-8H3;9-24H,1-8H3. The summed E-state index contributed by atoms with van der Waals surface area (Å²) in [5.41, 5.74) is 11.8. The SMILES string of the molecule is CC(C)c1cccc(C(C)C)c1N1C(=O)c2cc(Cl)c3c4c(Cl)cc5c6c(cc(Cl)c(c7c(Cl)cc(c2c37)C1=O)c64)C(=O)N(c1c(C(C)C)cccc1C(C)C)C5=O.CC(C)c1cccc(C(C)C)c1N1C(=O)c2ccc3c4c(Cl)cc5c6c(cc(Cl)c(c7ccc(c2c37)C1=O)c64)C(=O)N(c1c(C(C)C)cccc1C(C)C)C5=O. The number of carbonyl (C=O) groups excluding carboxylic acids is 8. The van der Waals surface area contributed by atoms with Gasteiger partial charge in [0.1, 0.15) is 0 Å². The molecular weight excluding hydrogens is 1550 g/mol. The maximum atomic E-state index is 14.9. The minimum atomic E-state index is -0.513. The average molecular weight is 1630 g/mol. The van der Waals surface area contributed by atoms with E-state index in [4.69, 9.17) is 69.6 Å². The van der Waals surface area contributed by atoms with Gasteiger partial charge in [-0.15, -0.1) is 0 Å². The van der Waals surface area contributed by atoms with Crippen molar-refractivity contribution in [3.05, 3.63) is 253 Å². The van der Waals surface area contributed by atoms with E-state index in [0.29, 0.717) is 141 Å². The first-order valence-electron chi connectivity index (χ1n) is 38.8. The molecular formula is C96H78Cl6N4O8. The molecule has 14 aromatic rings. The molecule has 0 saturated heterocycles. The Morgan fingerprint density at radius 2 is 0.360 bits per heavy atom. The number of imide groups is 4. The molecule has 18 rings (SSSR count). The summed E-state index contributed by atoms with van der Waals surface area (Å²) in [4.78, 5) is 124. The molecule has 8 amide bonds. The third kappa shape index (κ3) is 10.7. The molecule has 0 fully saturated rings. The number of amides is 8. The summed E-state index contributed by atoms with van der Waals surface area (Å²) in [5.74, 6) is -3.49. The highest BCUT2D eigenvalue weighted by molar-refractivity contribution is 6.58. The van der Waals surface area contributed by atoms with Crippen molar-refractivity contribution < 1.29 is 38.4 Å². The lowest BCUT2D eigenvalue weighted by Gasteiger charge is -2.34. The Balaban J connectivity index is 0.000000165. The molecule has 18 heteroatoms. The van der Waals surface area contributed by atoms with Crippen LogP contribution < -0.4 is 19.6 Å². The van der Waals surface area contributed by atoms with Crippen LogP contribution in [0.4, 0.5) is 22.7 Å². The van der Waals surface area contributed by atoms with E-state index in [0.717, 1.165) is 44.5 Å². The molecule has 114 heavy (non-hydrogen) atoms. The van der Waals surface area contributed by atoms with Crippen LogP contribution >= 0.6 is 69.6 Å². The minimum absolute atomic E-state index is 0.00851. The van der Waals surface area contributed by atoms with Crippen LogP contribution in [0.1, 0.15) is 285 Å². The number of carbonyl (C=O) groups is 8. The molecule has 0 atom stereocenters. The van der Waals surface area contributed by atoms with Crippen molar-refractivity contribution in [2.45, 2.75) is 158 Å². The van der Waals surface area contributed by atoms with Crippen LogP contribution in [0.3, 0.4) is 0 Å². The molecule has 12 nitrogen and oxygen atoms in total. The predicted octanol–water partition coefficient (Wildman–Crippen LogP) is 27.6. The Bertz CT molecular complexity index is 6240. The van der Waals surface area contributed by atoms with Gasteiger partial charge >= 0.3 is 0 Å². The number of anilines is 4. The van der Waals surface area contributed by atoms with Crippen LogP contribution in [0.25, 0.3) is 86.2 Å². The summed E-state index contributed by atoms with van der Waals surface area (Å²) in [6, 6.07) is 40.5.